The average molecular weight is 474 g/mol. The average Bonchev–Trinajstić information content (AvgIpc) is 3.18. The summed E-state index contributed by atoms with van der Waals surface area (Å²) in [6.07, 6.45) is 6.52. The maximum atomic E-state index is 13.2. The Labute approximate surface area is 205 Å². The lowest BCUT2D eigenvalue weighted by Crippen LogP contribution is -2.40. The van der Waals surface area contributed by atoms with Gasteiger partial charge in [-0.05, 0) is 60.9 Å². The number of carbonyl (C=O) groups excluding carboxylic acids is 1. The Morgan fingerprint density at radius 1 is 1.20 bits per heavy atom. The lowest BCUT2D eigenvalue weighted by molar-refractivity contribution is 0.0544. The highest BCUT2D eigenvalue weighted by atomic mass is 16.5. The molecule has 35 heavy (non-hydrogen) atoms. The molecule has 1 aliphatic carbocycles. The zero-order valence-corrected chi connectivity index (χ0v) is 20.4. The van der Waals surface area contributed by atoms with Crippen LogP contribution in [-0.2, 0) is 11.8 Å². The van der Waals surface area contributed by atoms with Crippen molar-refractivity contribution in [3.63, 3.8) is 0 Å². The van der Waals surface area contributed by atoms with Crippen molar-refractivity contribution in [2.24, 2.45) is 0 Å². The number of hydrogen-bond donors (Lipinski definition) is 2. The van der Waals surface area contributed by atoms with Crippen LogP contribution in [0.5, 0.6) is 5.75 Å². The van der Waals surface area contributed by atoms with Crippen LogP contribution < -0.4 is 10.1 Å². The number of fused-ring (bicyclic) bond motifs is 1. The number of nitrogens with one attached hydrogen (secondary N) is 1. The van der Waals surface area contributed by atoms with E-state index >= 15 is 0 Å². The molecule has 8 nitrogen and oxygen atoms in total. The van der Waals surface area contributed by atoms with Crippen LogP contribution >= 0.6 is 0 Å². The summed E-state index contributed by atoms with van der Waals surface area (Å²) in [5, 5.41) is 13.0. The Morgan fingerprint density at radius 3 is 2.77 bits per heavy atom. The van der Waals surface area contributed by atoms with Crippen molar-refractivity contribution < 1.29 is 14.6 Å². The number of carbonyl (C=O) groups is 1. The third kappa shape index (κ3) is 4.58. The zero-order chi connectivity index (χ0) is 24.6. The molecule has 5 rings (SSSR count). The molecule has 0 atom stereocenters. The third-order valence-electron chi connectivity index (χ3n) is 7.09. The first kappa shape index (κ1) is 23.2. The van der Waals surface area contributed by atoms with E-state index in [9.17, 15) is 9.90 Å². The van der Waals surface area contributed by atoms with Gasteiger partial charge in [-0.2, -0.15) is 0 Å². The Hall–Kier alpha value is -3.52. The van der Waals surface area contributed by atoms with Crippen LogP contribution in [0.15, 0.2) is 42.7 Å². The third-order valence-corrected chi connectivity index (χ3v) is 7.09. The molecule has 8 heteroatoms. The van der Waals surface area contributed by atoms with Gasteiger partial charge in [0.1, 0.15) is 0 Å². The minimum Gasteiger partial charge on any atom is -0.494 e. The van der Waals surface area contributed by atoms with Crippen LogP contribution in [0.25, 0.3) is 11.3 Å². The first-order chi connectivity index (χ1) is 16.9. The predicted octanol–water partition coefficient (Wildman–Crippen LogP) is 4.11. The van der Waals surface area contributed by atoms with Gasteiger partial charge in [0.2, 0.25) is 5.95 Å². The van der Waals surface area contributed by atoms with E-state index < -0.39 is 0 Å². The molecular weight excluding hydrogens is 442 g/mol. The number of likely N-dealkylation sites (tertiary alicyclic amines) is 1. The van der Waals surface area contributed by atoms with Gasteiger partial charge in [-0.15, -0.1) is 0 Å². The molecule has 1 saturated heterocycles. The minimum atomic E-state index is -0.342. The maximum absolute atomic E-state index is 13.2. The van der Waals surface area contributed by atoms with E-state index in [-0.39, 0.29) is 17.4 Å². The molecule has 1 amide bonds. The highest BCUT2D eigenvalue weighted by molar-refractivity contribution is 5.99. The van der Waals surface area contributed by atoms with Gasteiger partial charge in [0.15, 0.2) is 5.75 Å². The monoisotopic (exact) mass is 473 g/mol. The lowest BCUT2D eigenvalue weighted by Gasteiger charge is -2.30. The summed E-state index contributed by atoms with van der Waals surface area (Å²) in [4.78, 5) is 28.7. The molecule has 2 N–H and O–H groups in total. The number of aryl methyl sites for hydroxylation is 1. The van der Waals surface area contributed by atoms with Crippen molar-refractivity contribution in [2.45, 2.75) is 51.0 Å². The van der Waals surface area contributed by atoms with Crippen LogP contribution in [0.4, 0.5) is 11.6 Å². The van der Waals surface area contributed by atoms with E-state index in [1.165, 1.54) is 11.3 Å². The second kappa shape index (κ2) is 9.26. The number of aliphatic hydroxyl groups is 1. The normalized spacial score (nSPS) is 17.2. The number of anilines is 2. The van der Waals surface area contributed by atoms with Crippen LogP contribution in [0.2, 0.25) is 0 Å². The largest absolute Gasteiger partial charge is 0.494 e. The Balaban J connectivity index is 1.41. The number of aromatic nitrogens is 3. The number of pyridine rings is 1. The molecule has 3 heterocycles. The summed E-state index contributed by atoms with van der Waals surface area (Å²) < 4.78 is 5.65. The van der Waals surface area contributed by atoms with Crippen molar-refractivity contribution in [3.8, 4) is 17.0 Å². The zero-order valence-electron chi connectivity index (χ0n) is 20.4. The van der Waals surface area contributed by atoms with Crippen LogP contribution in [0.3, 0.4) is 0 Å². The van der Waals surface area contributed by atoms with Crippen LogP contribution in [0.1, 0.15) is 54.7 Å². The van der Waals surface area contributed by atoms with Crippen molar-refractivity contribution in [2.75, 3.05) is 25.5 Å². The van der Waals surface area contributed by atoms with Gasteiger partial charge in [0, 0.05) is 36.7 Å². The fourth-order valence-corrected chi connectivity index (χ4v) is 4.95. The van der Waals surface area contributed by atoms with E-state index in [2.05, 4.69) is 30.2 Å². The van der Waals surface area contributed by atoms with Gasteiger partial charge < -0.3 is 20.1 Å². The quantitative estimate of drug-likeness (QED) is 0.575. The Bertz CT molecular complexity index is 1250. The van der Waals surface area contributed by atoms with Crippen molar-refractivity contribution in [1.82, 2.24) is 19.9 Å². The molecule has 0 bridgehead atoms. The molecule has 0 saturated carbocycles. The highest BCUT2D eigenvalue weighted by Crippen LogP contribution is 2.39. The fourth-order valence-electron chi connectivity index (χ4n) is 4.95. The van der Waals surface area contributed by atoms with E-state index in [0.29, 0.717) is 48.9 Å². The number of aliphatic hydroxyl groups excluding tert-OH is 1. The van der Waals surface area contributed by atoms with Gasteiger partial charge in [0.25, 0.3) is 5.91 Å². The van der Waals surface area contributed by atoms with Gasteiger partial charge in [-0.1, -0.05) is 19.9 Å². The number of ether oxygens (including phenoxy) is 1. The molecule has 1 aliphatic heterocycles. The molecule has 0 spiro atoms. The number of para-hydroxylation sites is 1. The summed E-state index contributed by atoms with van der Waals surface area (Å²) in [5.41, 5.74) is 5.36. The molecule has 0 radical (unpaired) electrons. The van der Waals surface area contributed by atoms with Crippen molar-refractivity contribution in [3.05, 3.63) is 59.5 Å². The standard InChI is InChI=1S/C27H31N5O3/c1-27(2)11-7-22-20(27)15-17(16-29-22)21-8-12-28-26(30-21)31-23-6-4-5-19(24(23)35-3)25(34)32-13-9-18(33)10-14-32/h4-6,8,12,15-16,18,33H,7,9-11,13-14H2,1-3H3,(H,28,30,31). The van der Waals surface area contributed by atoms with E-state index in [0.717, 1.165) is 24.1 Å². The first-order valence-electron chi connectivity index (χ1n) is 12.1. The topological polar surface area (TPSA) is 100 Å². The number of methoxy groups -OCH3 is 1. The van der Waals surface area contributed by atoms with Crippen molar-refractivity contribution >= 4 is 17.5 Å². The molecular formula is C27H31N5O3. The molecule has 2 aromatic heterocycles. The number of hydrogen-bond acceptors (Lipinski definition) is 7. The summed E-state index contributed by atoms with van der Waals surface area (Å²) in [5.74, 6) is 0.740. The summed E-state index contributed by atoms with van der Waals surface area (Å²) >= 11 is 0. The van der Waals surface area contributed by atoms with Crippen molar-refractivity contribution in [1.29, 1.82) is 0 Å². The summed E-state index contributed by atoms with van der Waals surface area (Å²) in [6.45, 7) is 5.56. The van der Waals surface area contributed by atoms with E-state index in [1.807, 2.05) is 24.4 Å². The van der Waals surface area contributed by atoms with Gasteiger partial charge in [0.05, 0.1) is 30.2 Å². The number of amides is 1. The van der Waals surface area contributed by atoms with Crippen LogP contribution in [0, 0.1) is 0 Å². The van der Waals surface area contributed by atoms with E-state index in [1.54, 1.807) is 24.3 Å². The smallest absolute Gasteiger partial charge is 0.257 e. The second-order valence-electron chi connectivity index (χ2n) is 9.90. The number of nitrogens with zero attached hydrogens (tertiary/aromatic N) is 4. The highest BCUT2D eigenvalue weighted by Gasteiger charge is 2.31. The predicted molar refractivity (Wildman–Crippen MR) is 134 cm³/mol. The molecule has 1 fully saturated rings. The minimum absolute atomic E-state index is 0.110. The van der Waals surface area contributed by atoms with Gasteiger partial charge >= 0.3 is 0 Å². The first-order valence-corrected chi connectivity index (χ1v) is 12.1. The molecule has 2 aliphatic rings. The lowest BCUT2D eigenvalue weighted by atomic mass is 9.86. The van der Waals surface area contributed by atoms with E-state index in [4.69, 9.17) is 14.7 Å². The van der Waals surface area contributed by atoms with Gasteiger partial charge in [-0.25, -0.2) is 9.97 Å². The fraction of sp³-hybridized carbons (Fsp3) is 0.407. The maximum Gasteiger partial charge on any atom is 0.257 e. The van der Waals surface area contributed by atoms with Gasteiger partial charge in [-0.3, -0.25) is 9.78 Å². The summed E-state index contributed by atoms with van der Waals surface area (Å²) in [6, 6.07) is 9.47. The molecule has 0 unspecified atom stereocenters. The summed E-state index contributed by atoms with van der Waals surface area (Å²) in [7, 11) is 1.55. The molecule has 182 valence electrons. The Morgan fingerprint density at radius 2 is 2.00 bits per heavy atom. The number of benzene rings is 1. The number of piperidine rings is 1. The molecule has 1 aromatic carbocycles. The molecule has 3 aromatic rings. The second-order valence-corrected chi connectivity index (χ2v) is 9.90. The SMILES string of the molecule is COc1c(Nc2nccc(-c3cnc4c(c3)C(C)(C)CC4)n2)cccc1C(=O)N1CCC(O)CC1. The number of rotatable bonds is 5. The Kier molecular flexibility index (Phi) is 6.15. The van der Waals surface area contributed by atoms with Crippen LogP contribution in [-0.4, -0.2) is 57.2 Å².